The minimum Gasteiger partial charge on any atom is -0.493 e. The second kappa shape index (κ2) is 8.25. The van der Waals surface area contributed by atoms with Gasteiger partial charge in [0.1, 0.15) is 5.15 Å². The molecule has 7 nitrogen and oxygen atoms in total. The first kappa shape index (κ1) is 19.0. The van der Waals surface area contributed by atoms with E-state index in [-0.39, 0.29) is 16.9 Å². The molecule has 1 aromatic heterocycles. The monoisotopic (exact) mass is 386 g/mol. The number of methoxy groups -OCH3 is 1. The SMILES string of the molecule is COc1ccc(C#N)cc1Oc1cc(C(=O)N2CCN(C)CC2)cc(Cl)n1. The molecule has 1 saturated heterocycles. The summed E-state index contributed by atoms with van der Waals surface area (Å²) in [4.78, 5) is 20.9. The molecule has 27 heavy (non-hydrogen) atoms. The van der Waals surface area contributed by atoms with Crippen molar-refractivity contribution in [1.82, 2.24) is 14.8 Å². The lowest BCUT2D eigenvalue weighted by Crippen LogP contribution is -2.47. The summed E-state index contributed by atoms with van der Waals surface area (Å²) < 4.78 is 11.0. The molecule has 1 amide bonds. The van der Waals surface area contributed by atoms with Crippen molar-refractivity contribution in [2.75, 3.05) is 40.3 Å². The van der Waals surface area contributed by atoms with E-state index in [1.165, 1.54) is 13.2 Å². The topological polar surface area (TPSA) is 78.7 Å². The fraction of sp³-hybridized carbons (Fsp3) is 0.316. The number of benzene rings is 1. The van der Waals surface area contributed by atoms with E-state index in [0.717, 1.165) is 13.1 Å². The minimum absolute atomic E-state index is 0.116. The van der Waals surface area contributed by atoms with E-state index >= 15 is 0 Å². The van der Waals surface area contributed by atoms with E-state index in [1.54, 1.807) is 29.2 Å². The lowest BCUT2D eigenvalue weighted by molar-refractivity contribution is 0.0663. The average Bonchev–Trinajstić information content (AvgIpc) is 2.67. The van der Waals surface area contributed by atoms with Gasteiger partial charge in [0.05, 0.1) is 18.7 Å². The number of ether oxygens (including phenoxy) is 2. The van der Waals surface area contributed by atoms with Crippen LogP contribution in [-0.2, 0) is 0 Å². The number of nitriles is 1. The molecule has 0 saturated carbocycles. The zero-order chi connectivity index (χ0) is 19.4. The molecular formula is C19H19ClN4O3. The van der Waals surface area contributed by atoms with Gasteiger partial charge >= 0.3 is 0 Å². The molecule has 140 valence electrons. The number of likely N-dealkylation sites (N-methyl/N-ethyl adjacent to an activating group) is 1. The molecule has 0 bridgehead atoms. The third-order valence-corrected chi connectivity index (χ3v) is 4.51. The molecular weight excluding hydrogens is 368 g/mol. The molecule has 1 aromatic carbocycles. The largest absolute Gasteiger partial charge is 0.493 e. The number of carbonyl (C=O) groups excluding carboxylic acids is 1. The number of pyridine rings is 1. The highest BCUT2D eigenvalue weighted by molar-refractivity contribution is 6.29. The molecule has 0 aliphatic carbocycles. The first-order valence-electron chi connectivity index (χ1n) is 8.41. The standard InChI is InChI=1S/C19H19ClN4O3/c1-23-5-7-24(8-6-23)19(25)14-10-17(20)22-18(11-14)27-16-9-13(12-21)3-4-15(16)26-2/h3-4,9-11H,5-8H2,1-2H3. The fourth-order valence-corrected chi connectivity index (χ4v) is 2.98. The van der Waals surface area contributed by atoms with Crippen LogP contribution in [0.2, 0.25) is 5.15 Å². The van der Waals surface area contributed by atoms with Gasteiger partial charge in [-0.25, -0.2) is 4.98 Å². The van der Waals surface area contributed by atoms with Gasteiger partial charge in [-0.3, -0.25) is 4.79 Å². The lowest BCUT2D eigenvalue weighted by atomic mass is 10.2. The molecule has 8 heteroatoms. The van der Waals surface area contributed by atoms with Crippen LogP contribution in [0.4, 0.5) is 0 Å². The smallest absolute Gasteiger partial charge is 0.254 e. The van der Waals surface area contributed by atoms with Crippen LogP contribution in [0.5, 0.6) is 17.4 Å². The number of halogens is 1. The number of rotatable bonds is 4. The van der Waals surface area contributed by atoms with E-state index in [9.17, 15) is 4.79 Å². The van der Waals surface area contributed by atoms with Crippen molar-refractivity contribution >= 4 is 17.5 Å². The molecule has 0 unspecified atom stereocenters. The van der Waals surface area contributed by atoms with Gasteiger partial charge in [0.25, 0.3) is 5.91 Å². The van der Waals surface area contributed by atoms with Crippen molar-refractivity contribution in [2.24, 2.45) is 0 Å². The first-order chi connectivity index (χ1) is 13.0. The van der Waals surface area contributed by atoms with Crippen molar-refractivity contribution < 1.29 is 14.3 Å². The van der Waals surface area contributed by atoms with Crippen LogP contribution < -0.4 is 9.47 Å². The highest BCUT2D eigenvalue weighted by Gasteiger charge is 2.22. The predicted octanol–water partition coefficient (Wildman–Crippen LogP) is 2.80. The van der Waals surface area contributed by atoms with E-state index in [1.807, 2.05) is 13.1 Å². The summed E-state index contributed by atoms with van der Waals surface area (Å²) in [6, 6.07) is 9.92. The maximum atomic E-state index is 12.8. The Balaban J connectivity index is 1.86. The summed E-state index contributed by atoms with van der Waals surface area (Å²) in [7, 11) is 3.53. The quantitative estimate of drug-likeness (QED) is 0.752. The van der Waals surface area contributed by atoms with Gasteiger partial charge in [-0.05, 0) is 25.2 Å². The Hall–Kier alpha value is -2.82. The Morgan fingerprint density at radius 1 is 1.19 bits per heavy atom. The maximum Gasteiger partial charge on any atom is 0.254 e. The average molecular weight is 387 g/mol. The summed E-state index contributed by atoms with van der Waals surface area (Å²) in [5.41, 5.74) is 0.825. The number of piperazine rings is 1. The highest BCUT2D eigenvalue weighted by Crippen LogP contribution is 2.32. The molecule has 1 aliphatic rings. The van der Waals surface area contributed by atoms with E-state index < -0.39 is 0 Å². The van der Waals surface area contributed by atoms with Gasteiger partial charge in [0.2, 0.25) is 5.88 Å². The Bertz CT molecular complexity index is 889. The zero-order valence-electron chi connectivity index (χ0n) is 15.1. The summed E-state index contributed by atoms with van der Waals surface area (Å²) in [6.45, 7) is 2.96. The number of amides is 1. The van der Waals surface area contributed by atoms with Crippen molar-refractivity contribution in [3.8, 4) is 23.4 Å². The molecule has 0 radical (unpaired) electrons. The van der Waals surface area contributed by atoms with Crippen molar-refractivity contribution in [2.45, 2.75) is 0 Å². The summed E-state index contributed by atoms with van der Waals surface area (Å²) in [6.07, 6.45) is 0. The number of carbonyl (C=O) groups is 1. The van der Waals surface area contributed by atoms with Crippen LogP contribution in [0.25, 0.3) is 0 Å². The number of hydrogen-bond donors (Lipinski definition) is 0. The van der Waals surface area contributed by atoms with E-state index in [0.29, 0.717) is 35.7 Å². The van der Waals surface area contributed by atoms with Gasteiger partial charge in [0, 0.05) is 43.9 Å². The van der Waals surface area contributed by atoms with Crippen molar-refractivity contribution in [3.05, 3.63) is 46.6 Å². The van der Waals surface area contributed by atoms with Gasteiger partial charge in [-0.15, -0.1) is 0 Å². The van der Waals surface area contributed by atoms with Crippen molar-refractivity contribution in [3.63, 3.8) is 0 Å². The van der Waals surface area contributed by atoms with Crippen LogP contribution in [0.3, 0.4) is 0 Å². The lowest BCUT2D eigenvalue weighted by Gasteiger charge is -2.32. The van der Waals surface area contributed by atoms with Gasteiger partial charge in [-0.1, -0.05) is 11.6 Å². The Morgan fingerprint density at radius 3 is 2.59 bits per heavy atom. The third-order valence-electron chi connectivity index (χ3n) is 4.32. The molecule has 1 aliphatic heterocycles. The Morgan fingerprint density at radius 2 is 1.93 bits per heavy atom. The Labute approximate surface area is 162 Å². The Kier molecular flexibility index (Phi) is 5.79. The van der Waals surface area contributed by atoms with Gasteiger partial charge in [-0.2, -0.15) is 5.26 Å². The second-order valence-corrected chi connectivity index (χ2v) is 6.58. The van der Waals surface area contributed by atoms with Crippen LogP contribution in [-0.4, -0.2) is 61.0 Å². The molecule has 2 aromatic rings. The predicted molar refractivity (Wildman–Crippen MR) is 100 cm³/mol. The van der Waals surface area contributed by atoms with Crippen LogP contribution in [0.15, 0.2) is 30.3 Å². The number of aromatic nitrogens is 1. The van der Waals surface area contributed by atoms with E-state index in [2.05, 4.69) is 9.88 Å². The maximum absolute atomic E-state index is 12.8. The molecule has 0 N–H and O–H groups in total. The number of hydrogen-bond acceptors (Lipinski definition) is 6. The molecule has 0 spiro atoms. The van der Waals surface area contributed by atoms with Gasteiger partial charge < -0.3 is 19.3 Å². The first-order valence-corrected chi connectivity index (χ1v) is 8.79. The third kappa shape index (κ3) is 4.48. The minimum atomic E-state index is -0.116. The molecule has 1 fully saturated rings. The molecule has 3 rings (SSSR count). The van der Waals surface area contributed by atoms with Crippen LogP contribution >= 0.6 is 11.6 Å². The van der Waals surface area contributed by atoms with Crippen molar-refractivity contribution in [1.29, 1.82) is 5.26 Å². The van der Waals surface area contributed by atoms with Crippen LogP contribution in [0.1, 0.15) is 15.9 Å². The summed E-state index contributed by atoms with van der Waals surface area (Å²) >= 11 is 6.10. The fourth-order valence-electron chi connectivity index (χ4n) is 2.78. The van der Waals surface area contributed by atoms with Crippen LogP contribution in [0, 0.1) is 11.3 Å². The van der Waals surface area contributed by atoms with E-state index in [4.69, 9.17) is 26.3 Å². The molecule has 2 heterocycles. The zero-order valence-corrected chi connectivity index (χ0v) is 15.9. The molecule has 0 atom stereocenters. The summed E-state index contributed by atoms with van der Waals surface area (Å²) in [5, 5.41) is 9.23. The normalized spacial score (nSPS) is 14.5. The summed E-state index contributed by atoms with van der Waals surface area (Å²) in [5.74, 6) is 0.815. The highest BCUT2D eigenvalue weighted by atomic mass is 35.5. The second-order valence-electron chi connectivity index (χ2n) is 6.19. The van der Waals surface area contributed by atoms with Gasteiger partial charge in [0.15, 0.2) is 11.5 Å². The number of nitrogens with zero attached hydrogens (tertiary/aromatic N) is 4.